The second-order valence-electron chi connectivity index (χ2n) is 4.41. The van der Waals surface area contributed by atoms with Crippen molar-refractivity contribution in [3.8, 4) is 0 Å². The third kappa shape index (κ3) is 2.80. The van der Waals surface area contributed by atoms with Crippen LogP contribution in [-0.4, -0.2) is 44.9 Å². The largest absolute Gasteiger partial charge is 0.465 e. The standard InChI is InChI=1S/C11H16N2O5S/c1-17-11(14)8-5-10(18-7-8)19(15,16)13-4-2-3-9(12)6-13/h5,7,9H,2-4,6,12H2,1H3. The molecule has 0 amide bonds. The number of carbonyl (C=O) groups is 1. The molecule has 0 aliphatic carbocycles. The summed E-state index contributed by atoms with van der Waals surface area (Å²) < 4.78 is 35.3. The second-order valence-corrected chi connectivity index (χ2v) is 6.28. The van der Waals surface area contributed by atoms with Crippen molar-refractivity contribution in [3.05, 3.63) is 17.9 Å². The van der Waals surface area contributed by atoms with E-state index in [0.29, 0.717) is 13.0 Å². The first kappa shape index (κ1) is 14.0. The highest BCUT2D eigenvalue weighted by Gasteiger charge is 2.32. The van der Waals surface area contributed by atoms with E-state index in [0.717, 1.165) is 12.7 Å². The average Bonchev–Trinajstić information content (AvgIpc) is 2.88. The number of nitrogens with zero attached hydrogens (tertiary/aromatic N) is 1. The maximum absolute atomic E-state index is 12.3. The Morgan fingerprint density at radius 3 is 2.95 bits per heavy atom. The number of esters is 1. The molecule has 0 saturated carbocycles. The Morgan fingerprint density at radius 2 is 2.32 bits per heavy atom. The number of ether oxygens (including phenoxy) is 1. The molecule has 1 aliphatic heterocycles. The van der Waals surface area contributed by atoms with Gasteiger partial charge in [0.05, 0.1) is 12.7 Å². The molecule has 1 atom stereocenters. The van der Waals surface area contributed by atoms with Crippen LogP contribution in [0.5, 0.6) is 0 Å². The Kier molecular flexibility index (Phi) is 3.93. The van der Waals surface area contributed by atoms with Crippen molar-refractivity contribution in [3.63, 3.8) is 0 Å². The molecular formula is C11H16N2O5S. The van der Waals surface area contributed by atoms with Crippen molar-refractivity contribution in [2.24, 2.45) is 5.73 Å². The van der Waals surface area contributed by atoms with Crippen molar-refractivity contribution in [2.75, 3.05) is 20.2 Å². The van der Waals surface area contributed by atoms with Gasteiger partial charge in [-0.3, -0.25) is 0 Å². The first-order valence-corrected chi connectivity index (χ1v) is 7.31. The molecule has 1 fully saturated rings. The van der Waals surface area contributed by atoms with Crippen LogP contribution in [0.15, 0.2) is 21.8 Å². The zero-order valence-corrected chi connectivity index (χ0v) is 11.4. The molecule has 0 bridgehead atoms. The van der Waals surface area contributed by atoms with E-state index in [-0.39, 0.29) is 23.2 Å². The second kappa shape index (κ2) is 5.32. The minimum Gasteiger partial charge on any atom is -0.465 e. The van der Waals surface area contributed by atoms with E-state index in [2.05, 4.69) is 4.74 Å². The van der Waals surface area contributed by atoms with Crippen LogP contribution in [-0.2, 0) is 14.8 Å². The molecule has 2 heterocycles. The molecule has 106 valence electrons. The Morgan fingerprint density at radius 1 is 1.58 bits per heavy atom. The highest BCUT2D eigenvalue weighted by atomic mass is 32.2. The SMILES string of the molecule is COC(=O)c1coc(S(=O)(=O)N2CCCC(N)C2)c1. The first-order chi connectivity index (χ1) is 8.95. The zero-order valence-electron chi connectivity index (χ0n) is 10.5. The lowest BCUT2D eigenvalue weighted by Gasteiger charge is -2.28. The predicted octanol–water partition coefficient (Wildman–Crippen LogP) is 0.178. The Bertz CT molecular complexity index is 565. The van der Waals surface area contributed by atoms with Gasteiger partial charge in [0.2, 0.25) is 5.09 Å². The van der Waals surface area contributed by atoms with Gasteiger partial charge in [-0.1, -0.05) is 0 Å². The summed E-state index contributed by atoms with van der Waals surface area (Å²) in [6, 6.07) is 1.000. The van der Waals surface area contributed by atoms with Gasteiger partial charge in [-0.05, 0) is 12.8 Å². The number of methoxy groups -OCH3 is 1. The molecule has 1 aromatic heterocycles. The number of furan rings is 1. The lowest BCUT2D eigenvalue weighted by Crippen LogP contribution is -2.45. The molecule has 1 saturated heterocycles. The van der Waals surface area contributed by atoms with Gasteiger partial charge in [0, 0.05) is 25.2 Å². The van der Waals surface area contributed by atoms with E-state index in [4.69, 9.17) is 10.2 Å². The van der Waals surface area contributed by atoms with Crippen molar-refractivity contribution in [1.82, 2.24) is 4.31 Å². The first-order valence-electron chi connectivity index (χ1n) is 5.87. The van der Waals surface area contributed by atoms with Gasteiger partial charge in [0.1, 0.15) is 6.26 Å². The van der Waals surface area contributed by atoms with Gasteiger partial charge >= 0.3 is 5.97 Å². The highest BCUT2D eigenvalue weighted by molar-refractivity contribution is 7.89. The minimum atomic E-state index is -3.74. The molecule has 0 radical (unpaired) electrons. The van der Waals surface area contributed by atoms with Crippen molar-refractivity contribution in [1.29, 1.82) is 0 Å². The normalized spacial score (nSPS) is 21.3. The van der Waals surface area contributed by atoms with Crippen LogP contribution in [0, 0.1) is 0 Å². The lowest BCUT2D eigenvalue weighted by molar-refractivity contribution is 0.0600. The van der Waals surface area contributed by atoms with Gasteiger partial charge in [-0.15, -0.1) is 0 Å². The van der Waals surface area contributed by atoms with E-state index >= 15 is 0 Å². The smallest absolute Gasteiger partial charge is 0.341 e. The van der Waals surface area contributed by atoms with Crippen LogP contribution in [0.4, 0.5) is 0 Å². The van der Waals surface area contributed by atoms with Crippen molar-refractivity contribution >= 4 is 16.0 Å². The maximum Gasteiger partial charge on any atom is 0.341 e. The summed E-state index contributed by atoms with van der Waals surface area (Å²) in [6.07, 6.45) is 2.59. The number of nitrogens with two attached hydrogens (primary N) is 1. The molecule has 2 N–H and O–H groups in total. The Balaban J connectivity index is 2.24. The van der Waals surface area contributed by atoms with E-state index in [1.165, 1.54) is 17.5 Å². The van der Waals surface area contributed by atoms with Gasteiger partial charge in [0.25, 0.3) is 10.0 Å². The van der Waals surface area contributed by atoms with Crippen LogP contribution in [0.3, 0.4) is 0 Å². The van der Waals surface area contributed by atoms with Gasteiger partial charge < -0.3 is 14.9 Å². The summed E-state index contributed by atoms with van der Waals surface area (Å²) in [5, 5.41) is -0.262. The number of piperidine rings is 1. The predicted molar refractivity (Wildman–Crippen MR) is 66.0 cm³/mol. The molecule has 8 heteroatoms. The van der Waals surface area contributed by atoms with Gasteiger partial charge in [-0.25, -0.2) is 13.2 Å². The topological polar surface area (TPSA) is 103 Å². The van der Waals surface area contributed by atoms with Crippen molar-refractivity contribution in [2.45, 2.75) is 24.0 Å². The van der Waals surface area contributed by atoms with Gasteiger partial charge in [0.15, 0.2) is 0 Å². The molecule has 0 aromatic carbocycles. The fourth-order valence-corrected chi connectivity index (χ4v) is 3.45. The van der Waals surface area contributed by atoms with Crippen LogP contribution in [0.25, 0.3) is 0 Å². The van der Waals surface area contributed by atoms with E-state index in [1.54, 1.807) is 0 Å². The summed E-state index contributed by atoms with van der Waals surface area (Å²) in [4.78, 5) is 11.3. The quantitative estimate of drug-likeness (QED) is 0.796. The van der Waals surface area contributed by atoms with E-state index < -0.39 is 16.0 Å². The fourth-order valence-electron chi connectivity index (χ4n) is 2.00. The molecular weight excluding hydrogens is 272 g/mol. The molecule has 1 aromatic rings. The summed E-state index contributed by atoms with van der Waals surface area (Å²) in [7, 11) is -2.52. The number of sulfonamides is 1. The summed E-state index contributed by atoms with van der Waals surface area (Å²) >= 11 is 0. The molecule has 1 unspecified atom stereocenters. The third-order valence-corrected chi connectivity index (χ3v) is 4.75. The average molecular weight is 288 g/mol. The van der Waals surface area contributed by atoms with E-state index in [9.17, 15) is 13.2 Å². The number of rotatable bonds is 3. The molecule has 7 nitrogen and oxygen atoms in total. The van der Waals surface area contributed by atoms with Crippen LogP contribution < -0.4 is 5.73 Å². The van der Waals surface area contributed by atoms with Crippen molar-refractivity contribution < 1.29 is 22.4 Å². The molecule has 2 rings (SSSR count). The maximum atomic E-state index is 12.3. The third-order valence-electron chi connectivity index (χ3n) is 3.01. The summed E-state index contributed by atoms with van der Waals surface area (Å²) in [6.45, 7) is 0.668. The van der Waals surface area contributed by atoms with Crippen LogP contribution >= 0.6 is 0 Å². The van der Waals surface area contributed by atoms with Crippen LogP contribution in [0.2, 0.25) is 0 Å². The van der Waals surface area contributed by atoms with Crippen LogP contribution in [0.1, 0.15) is 23.2 Å². The minimum absolute atomic E-state index is 0.0717. The monoisotopic (exact) mass is 288 g/mol. The Hall–Kier alpha value is -1.38. The number of carbonyl (C=O) groups excluding carboxylic acids is 1. The molecule has 0 spiro atoms. The summed E-state index contributed by atoms with van der Waals surface area (Å²) in [5.74, 6) is -0.638. The van der Waals surface area contributed by atoms with Gasteiger partial charge in [-0.2, -0.15) is 4.31 Å². The Labute approximate surface area is 111 Å². The number of hydrogen-bond acceptors (Lipinski definition) is 6. The number of hydrogen-bond donors (Lipinski definition) is 1. The fraction of sp³-hybridized carbons (Fsp3) is 0.545. The molecule has 1 aliphatic rings. The van der Waals surface area contributed by atoms with E-state index in [1.807, 2.05) is 0 Å². The lowest BCUT2D eigenvalue weighted by atomic mass is 10.1. The zero-order chi connectivity index (χ0) is 14.0. The highest BCUT2D eigenvalue weighted by Crippen LogP contribution is 2.22. The summed E-state index contributed by atoms with van der Waals surface area (Å²) in [5.41, 5.74) is 5.84. The molecule has 19 heavy (non-hydrogen) atoms.